The van der Waals surface area contributed by atoms with Crippen LogP contribution in [0.1, 0.15) is 70.7 Å². The Morgan fingerprint density at radius 2 is 1.91 bits per heavy atom. The first-order chi connectivity index (χ1) is 21.3. The molecule has 240 valence electrons. The summed E-state index contributed by atoms with van der Waals surface area (Å²) in [6.07, 6.45) is 0.548. The van der Waals surface area contributed by atoms with Gasteiger partial charge >= 0.3 is 12.1 Å². The van der Waals surface area contributed by atoms with Gasteiger partial charge in [0.2, 0.25) is 11.7 Å². The SMILES string of the molecule is CCn1c2c(c3cc(-c4noc(C[C@H](NC(=O)OC(C)(C)C)C(=O)OC)n4)ccc31)C(C(C)(C)CO)[C@H](OC)c1ncccc1-2. The van der Waals surface area contributed by atoms with Gasteiger partial charge in [-0.25, -0.2) is 9.59 Å². The van der Waals surface area contributed by atoms with E-state index in [1.54, 1.807) is 34.1 Å². The molecule has 0 radical (unpaired) electrons. The van der Waals surface area contributed by atoms with Gasteiger partial charge in [-0.1, -0.05) is 19.0 Å². The fourth-order valence-electron chi connectivity index (χ4n) is 6.17. The lowest BCUT2D eigenvalue weighted by atomic mass is 9.67. The van der Waals surface area contributed by atoms with E-state index in [-0.39, 0.29) is 30.9 Å². The van der Waals surface area contributed by atoms with Crippen molar-refractivity contribution in [3.63, 3.8) is 0 Å². The molecule has 1 aromatic carbocycles. The van der Waals surface area contributed by atoms with E-state index in [0.29, 0.717) is 11.4 Å². The third-order valence-corrected chi connectivity index (χ3v) is 8.18. The molecule has 5 rings (SSSR count). The van der Waals surface area contributed by atoms with E-state index in [0.717, 1.165) is 40.0 Å². The molecule has 0 saturated carbocycles. The van der Waals surface area contributed by atoms with E-state index >= 15 is 0 Å². The van der Waals surface area contributed by atoms with Crippen LogP contribution in [0.2, 0.25) is 0 Å². The molecule has 4 aromatic rings. The molecule has 1 aliphatic rings. The Balaban J connectivity index is 1.58. The van der Waals surface area contributed by atoms with Gasteiger partial charge in [0.05, 0.1) is 24.9 Å². The minimum Gasteiger partial charge on any atom is -0.467 e. The summed E-state index contributed by atoms with van der Waals surface area (Å²) in [4.78, 5) is 34.1. The summed E-state index contributed by atoms with van der Waals surface area (Å²) in [5, 5.41) is 18.3. The number of benzene rings is 1. The number of methoxy groups -OCH3 is 2. The maximum atomic E-state index is 12.5. The molecule has 12 heteroatoms. The molecule has 3 atom stereocenters. The van der Waals surface area contributed by atoms with Gasteiger partial charge < -0.3 is 33.7 Å². The van der Waals surface area contributed by atoms with Crippen molar-refractivity contribution in [2.75, 3.05) is 20.8 Å². The maximum Gasteiger partial charge on any atom is 0.408 e. The highest BCUT2D eigenvalue weighted by Gasteiger charge is 2.46. The second-order valence-corrected chi connectivity index (χ2v) is 12.9. The van der Waals surface area contributed by atoms with Crippen LogP contribution in [-0.4, -0.2) is 69.3 Å². The topological polar surface area (TPSA) is 151 Å². The van der Waals surface area contributed by atoms with Gasteiger partial charge in [-0.3, -0.25) is 4.98 Å². The van der Waals surface area contributed by atoms with Crippen LogP contribution in [0, 0.1) is 5.41 Å². The Bertz CT molecular complexity index is 1720. The van der Waals surface area contributed by atoms with E-state index in [1.807, 2.05) is 38.1 Å². The first-order valence-electron chi connectivity index (χ1n) is 15.0. The molecule has 3 heterocycles. The molecule has 0 spiro atoms. The molecule has 0 fully saturated rings. The lowest BCUT2D eigenvalue weighted by molar-refractivity contribution is -0.143. The average molecular weight is 620 g/mol. The molecule has 0 aliphatic heterocycles. The molecule has 1 aliphatic carbocycles. The van der Waals surface area contributed by atoms with Gasteiger partial charge in [-0.05, 0) is 69.0 Å². The maximum absolute atomic E-state index is 12.5. The van der Waals surface area contributed by atoms with Gasteiger partial charge in [0.25, 0.3) is 0 Å². The summed E-state index contributed by atoms with van der Waals surface area (Å²) in [6, 6.07) is 8.89. The number of nitrogens with zero attached hydrogens (tertiary/aromatic N) is 4. The van der Waals surface area contributed by atoms with Crippen molar-refractivity contribution in [1.29, 1.82) is 0 Å². The minimum atomic E-state index is -1.09. The fraction of sp³-hybridized carbons (Fsp3) is 0.485. The Labute approximate surface area is 262 Å². The van der Waals surface area contributed by atoms with Crippen LogP contribution in [0.15, 0.2) is 41.1 Å². The number of aliphatic hydroxyl groups excluding tert-OH is 1. The number of hydrogen-bond donors (Lipinski definition) is 2. The number of hydrogen-bond acceptors (Lipinski definition) is 10. The Kier molecular flexibility index (Phi) is 8.74. The first kappa shape index (κ1) is 32.1. The fourth-order valence-corrected chi connectivity index (χ4v) is 6.17. The zero-order valence-electron chi connectivity index (χ0n) is 27.0. The van der Waals surface area contributed by atoms with E-state index in [9.17, 15) is 14.7 Å². The zero-order valence-corrected chi connectivity index (χ0v) is 27.0. The number of rotatable bonds is 9. The predicted octanol–water partition coefficient (Wildman–Crippen LogP) is 5.19. The van der Waals surface area contributed by atoms with Crippen LogP contribution in [0.25, 0.3) is 33.5 Å². The number of alkyl carbamates (subject to hydrolysis) is 1. The first-order valence-corrected chi connectivity index (χ1v) is 15.0. The zero-order chi connectivity index (χ0) is 32.7. The number of pyridine rings is 1. The summed E-state index contributed by atoms with van der Waals surface area (Å²) >= 11 is 0. The van der Waals surface area contributed by atoms with Crippen LogP contribution < -0.4 is 5.32 Å². The monoisotopic (exact) mass is 619 g/mol. The molecular formula is C33H41N5O7. The highest BCUT2D eigenvalue weighted by atomic mass is 16.6. The summed E-state index contributed by atoms with van der Waals surface area (Å²) < 4.78 is 24.1. The van der Waals surface area contributed by atoms with Crippen LogP contribution >= 0.6 is 0 Å². The second kappa shape index (κ2) is 12.2. The summed E-state index contributed by atoms with van der Waals surface area (Å²) in [6.45, 7) is 12.0. The Morgan fingerprint density at radius 3 is 2.56 bits per heavy atom. The summed E-state index contributed by atoms with van der Waals surface area (Å²) in [5.41, 5.74) is 4.40. The number of amides is 1. The van der Waals surface area contributed by atoms with Crippen LogP contribution in [0.3, 0.4) is 0 Å². The van der Waals surface area contributed by atoms with E-state index in [4.69, 9.17) is 23.7 Å². The number of aryl methyl sites for hydroxylation is 1. The quantitative estimate of drug-likeness (QED) is 0.240. The largest absolute Gasteiger partial charge is 0.467 e. The van der Waals surface area contributed by atoms with Crippen molar-refractivity contribution in [1.82, 2.24) is 25.0 Å². The van der Waals surface area contributed by atoms with Gasteiger partial charge in [0.15, 0.2) is 0 Å². The molecule has 2 N–H and O–H groups in total. The summed E-state index contributed by atoms with van der Waals surface area (Å²) in [5.74, 6) is -0.418. The predicted molar refractivity (Wildman–Crippen MR) is 166 cm³/mol. The third-order valence-electron chi connectivity index (χ3n) is 8.18. The van der Waals surface area contributed by atoms with Crippen molar-refractivity contribution < 1.29 is 33.4 Å². The lowest BCUT2D eigenvalue weighted by Crippen LogP contribution is -2.45. The molecule has 1 unspecified atom stereocenters. The molecule has 3 aromatic heterocycles. The smallest absolute Gasteiger partial charge is 0.408 e. The van der Waals surface area contributed by atoms with Gasteiger partial charge in [-0.2, -0.15) is 4.98 Å². The molecule has 1 amide bonds. The van der Waals surface area contributed by atoms with Gasteiger partial charge in [0.1, 0.15) is 17.7 Å². The van der Waals surface area contributed by atoms with E-state index in [2.05, 4.69) is 33.0 Å². The van der Waals surface area contributed by atoms with E-state index < -0.39 is 29.1 Å². The standard InChI is InChI=1S/C33H41N5O7/c1-9-38-22-13-12-18(29-36-23(45-37-29)16-21(30(40)43-8)35-31(41)44-32(2,3)4)15-20(22)24-25(33(5,6)17-39)28(42-7)26-19(27(24)38)11-10-14-34-26/h10-15,21,25,28,39H,9,16-17H2,1-8H3,(H,35,41)/t21-,25?,28-/m0/s1. The number of carbonyl (C=O) groups is 2. The number of ether oxygens (including phenoxy) is 3. The number of carbonyl (C=O) groups excluding carboxylic acids is 2. The summed E-state index contributed by atoms with van der Waals surface area (Å²) in [7, 11) is 2.91. The molecule has 45 heavy (non-hydrogen) atoms. The molecule has 0 bridgehead atoms. The van der Waals surface area contributed by atoms with Crippen molar-refractivity contribution in [2.45, 2.75) is 78.2 Å². The van der Waals surface area contributed by atoms with Gasteiger partial charge in [0, 0.05) is 54.4 Å². The number of aromatic nitrogens is 4. The highest BCUT2D eigenvalue weighted by molar-refractivity contribution is 5.96. The lowest BCUT2D eigenvalue weighted by Gasteiger charge is -2.41. The minimum absolute atomic E-state index is 0.0511. The highest BCUT2D eigenvalue weighted by Crippen LogP contribution is 2.56. The van der Waals surface area contributed by atoms with Crippen molar-refractivity contribution in [3.8, 4) is 22.6 Å². The second-order valence-electron chi connectivity index (χ2n) is 12.9. The Morgan fingerprint density at radius 1 is 1.16 bits per heavy atom. The number of aliphatic hydroxyl groups is 1. The van der Waals surface area contributed by atoms with Gasteiger partial charge in [-0.15, -0.1) is 0 Å². The van der Waals surface area contributed by atoms with Crippen LogP contribution in [0.4, 0.5) is 4.79 Å². The third kappa shape index (κ3) is 6.04. The molecular weight excluding hydrogens is 578 g/mol. The van der Waals surface area contributed by atoms with E-state index in [1.165, 1.54) is 7.11 Å². The number of fused-ring (bicyclic) bond motifs is 5. The Hall–Kier alpha value is -4.29. The van der Waals surface area contributed by atoms with Crippen molar-refractivity contribution >= 4 is 23.0 Å². The number of nitrogens with one attached hydrogen (secondary N) is 1. The molecule has 12 nitrogen and oxygen atoms in total. The van der Waals surface area contributed by atoms with Crippen molar-refractivity contribution in [3.05, 3.63) is 53.7 Å². The normalized spacial score (nSPS) is 17.0. The van der Waals surface area contributed by atoms with Crippen molar-refractivity contribution in [2.24, 2.45) is 5.41 Å². The van der Waals surface area contributed by atoms with Crippen LogP contribution in [0.5, 0.6) is 0 Å². The molecule has 0 saturated heterocycles. The average Bonchev–Trinajstić information content (AvgIpc) is 3.60. The number of esters is 1. The van der Waals surface area contributed by atoms with Crippen LogP contribution in [-0.2, 0) is 32.0 Å².